The Kier molecular flexibility index (Phi) is 4.97. The third-order valence-electron chi connectivity index (χ3n) is 7.22. The summed E-state index contributed by atoms with van der Waals surface area (Å²) in [7, 11) is -3.87. The molecule has 2 fully saturated rings. The summed E-state index contributed by atoms with van der Waals surface area (Å²) >= 11 is 0. The summed E-state index contributed by atoms with van der Waals surface area (Å²) in [5.74, 6) is 0.293. The predicted molar refractivity (Wildman–Crippen MR) is 130 cm³/mol. The maximum atomic E-state index is 13.3. The van der Waals surface area contributed by atoms with Gasteiger partial charge in [0, 0.05) is 24.7 Å². The fourth-order valence-corrected chi connectivity index (χ4v) is 6.49. The summed E-state index contributed by atoms with van der Waals surface area (Å²) in [6.07, 6.45) is 3.92. The normalized spacial score (nSPS) is 20.0. The van der Waals surface area contributed by atoms with Gasteiger partial charge < -0.3 is 14.6 Å². The highest BCUT2D eigenvalue weighted by Crippen LogP contribution is 2.47. The number of amides is 1. The first-order valence-corrected chi connectivity index (χ1v) is 13.3. The first-order valence-electron chi connectivity index (χ1n) is 11.8. The van der Waals surface area contributed by atoms with Crippen LogP contribution in [0.15, 0.2) is 53.7 Å². The van der Waals surface area contributed by atoms with Gasteiger partial charge in [-0.2, -0.15) is 5.26 Å². The van der Waals surface area contributed by atoms with E-state index in [1.165, 1.54) is 24.5 Å². The fraction of sp³-hybridized carbons (Fsp3) is 0.360. The number of carbonyl (C=O) groups is 1. The van der Waals surface area contributed by atoms with Gasteiger partial charge in [-0.05, 0) is 44.4 Å². The standard InChI is InChI=1S/C25H24N6O4S/c1-16(32)22-28-20-13-27-23-19(8-12-30(23)36(34,35)18-5-3-2-4-6-18)21(20)31(22)17-7-11-29(14-17)24(33)25(15-26)9-10-25/h2-6,8,12-13,16-17,32H,7,9-11,14H2,1H3. The van der Waals surface area contributed by atoms with Crippen LogP contribution >= 0.6 is 0 Å². The highest BCUT2D eigenvalue weighted by atomic mass is 32.2. The minimum Gasteiger partial charge on any atom is -0.385 e. The highest BCUT2D eigenvalue weighted by Gasteiger charge is 2.53. The van der Waals surface area contributed by atoms with Gasteiger partial charge in [-0.15, -0.1) is 0 Å². The van der Waals surface area contributed by atoms with Crippen LogP contribution in [-0.4, -0.2) is 55.9 Å². The van der Waals surface area contributed by atoms with Crippen molar-refractivity contribution < 1.29 is 18.3 Å². The molecule has 6 rings (SSSR count). The maximum absolute atomic E-state index is 13.3. The molecule has 1 saturated carbocycles. The van der Waals surface area contributed by atoms with Gasteiger partial charge in [0.1, 0.15) is 22.9 Å². The van der Waals surface area contributed by atoms with Crippen LogP contribution in [0.25, 0.3) is 22.1 Å². The second kappa shape index (κ2) is 7.88. The molecule has 1 aromatic carbocycles. The van der Waals surface area contributed by atoms with Crippen molar-refractivity contribution in [1.82, 2.24) is 23.4 Å². The van der Waals surface area contributed by atoms with Crippen molar-refractivity contribution in [2.75, 3.05) is 13.1 Å². The van der Waals surface area contributed by atoms with Crippen molar-refractivity contribution in [2.24, 2.45) is 5.41 Å². The number of hydrogen-bond donors (Lipinski definition) is 1. The van der Waals surface area contributed by atoms with Crippen molar-refractivity contribution in [1.29, 1.82) is 5.26 Å². The monoisotopic (exact) mass is 504 g/mol. The zero-order valence-electron chi connectivity index (χ0n) is 19.6. The summed E-state index contributed by atoms with van der Waals surface area (Å²) in [5, 5.41) is 20.6. The lowest BCUT2D eigenvalue weighted by Gasteiger charge is -2.21. The Hall–Kier alpha value is -3.75. The Bertz CT molecular complexity index is 1660. The van der Waals surface area contributed by atoms with Gasteiger partial charge >= 0.3 is 0 Å². The van der Waals surface area contributed by atoms with E-state index < -0.39 is 21.5 Å². The Morgan fingerprint density at radius 2 is 2.00 bits per heavy atom. The Balaban J connectivity index is 1.48. The molecule has 1 N–H and O–H groups in total. The quantitative estimate of drug-likeness (QED) is 0.442. The predicted octanol–water partition coefficient (Wildman–Crippen LogP) is 2.75. The number of fused-ring (bicyclic) bond motifs is 3. The van der Waals surface area contributed by atoms with Gasteiger partial charge in [0.15, 0.2) is 5.65 Å². The van der Waals surface area contributed by atoms with E-state index in [1.54, 1.807) is 36.1 Å². The molecule has 0 radical (unpaired) electrons. The molecule has 4 aromatic rings. The van der Waals surface area contributed by atoms with Gasteiger partial charge in [0.2, 0.25) is 5.91 Å². The highest BCUT2D eigenvalue weighted by molar-refractivity contribution is 7.90. The SMILES string of the molecule is CC(O)c1nc2cnc3c(ccn3S(=O)(=O)c3ccccc3)c2n1C1CCN(C(=O)C2(C#N)CC2)C1. The van der Waals surface area contributed by atoms with E-state index in [0.717, 1.165) is 3.97 Å². The molecule has 1 aliphatic carbocycles. The molecule has 2 unspecified atom stereocenters. The second-order valence-corrected chi connectivity index (χ2v) is 11.4. The number of nitriles is 1. The van der Waals surface area contributed by atoms with E-state index in [-0.39, 0.29) is 22.5 Å². The summed E-state index contributed by atoms with van der Waals surface area (Å²) in [6, 6.07) is 11.8. The molecule has 1 saturated heterocycles. The molecule has 36 heavy (non-hydrogen) atoms. The topological polar surface area (TPSA) is 134 Å². The molecule has 2 aliphatic rings. The van der Waals surface area contributed by atoms with E-state index in [0.29, 0.717) is 54.6 Å². The number of imidazole rings is 1. The van der Waals surface area contributed by atoms with Crippen LogP contribution in [0, 0.1) is 16.7 Å². The first kappa shape index (κ1) is 22.7. The largest absolute Gasteiger partial charge is 0.385 e. The number of benzene rings is 1. The molecule has 11 heteroatoms. The molecule has 4 heterocycles. The molecule has 3 aromatic heterocycles. The van der Waals surface area contributed by atoms with Crippen LogP contribution in [0.4, 0.5) is 0 Å². The number of likely N-dealkylation sites (tertiary alicyclic amines) is 1. The Morgan fingerprint density at radius 3 is 2.67 bits per heavy atom. The van der Waals surface area contributed by atoms with Crippen LogP contribution in [0.3, 0.4) is 0 Å². The van der Waals surface area contributed by atoms with Gasteiger partial charge in [0.05, 0.1) is 28.7 Å². The van der Waals surface area contributed by atoms with E-state index in [9.17, 15) is 23.6 Å². The number of pyridine rings is 1. The summed E-state index contributed by atoms with van der Waals surface area (Å²) in [5.41, 5.74) is 0.573. The van der Waals surface area contributed by atoms with E-state index in [2.05, 4.69) is 16.0 Å². The van der Waals surface area contributed by atoms with Crippen LogP contribution in [0.2, 0.25) is 0 Å². The molecule has 0 bridgehead atoms. The van der Waals surface area contributed by atoms with Crippen LogP contribution in [0.1, 0.15) is 44.2 Å². The smallest absolute Gasteiger partial charge is 0.269 e. The third kappa shape index (κ3) is 3.25. The Labute approximate surface area is 207 Å². The number of aromatic nitrogens is 4. The minimum atomic E-state index is -3.87. The van der Waals surface area contributed by atoms with E-state index >= 15 is 0 Å². The minimum absolute atomic E-state index is 0.137. The number of nitrogens with zero attached hydrogens (tertiary/aromatic N) is 6. The first-order chi connectivity index (χ1) is 17.3. The van der Waals surface area contributed by atoms with Crippen LogP contribution in [-0.2, 0) is 14.8 Å². The lowest BCUT2D eigenvalue weighted by Crippen LogP contribution is -2.35. The van der Waals surface area contributed by atoms with Gasteiger partial charge in [-0.1, -0.05) is 18.2 Å². The zero-order valence-corrected chi connectivity index (χ0v) is 20.4. The molecule has 184 valence electrons. The van der Waals surface area contributed by atoms with Crippen molar-refractivity contribution in [3.8, 4) is 6.07 Å². The van der Waals surface area contributed by atoms with E-state index in [4.69, 9.17) is 0 Å². The average molecular weight is 505 g/mol. The van der Waals surface area contributed by atoms with Crippen molar-refractivity contribution in [3.05, 3.63) is 54.6 Å². The van der Waals surface area contributed by atoms with Crippen molar-refractivity contribution in [3.63, 3.8) is 0 Å². The molecular formula is C25H24N6O4S. The molecule has 2 atom stereocenters. The summed E-state index contributed by atoms with van der Waals surface area (Å²) < 4.78 is 29.7. The van der Waals surface area contributed by atoms with Crippen LogP contribution in [0.5, 0.6) is 0 Å². The maximum Gasteiger partial charge on any atom is 0.269 e. The summed E-state index contributed by atoms with van der Waals surface area (Å²) in [6.45, 7) is 2.52. The fourth-order valence-electron chi connectivity index (χ4n) is 5.17. The van der Waals surface area contributed by atoms with Crippen LogP contribution < -0.4 is 0 Å². The zero-order chi connectivity index (χ0) is 25.2. The molecule has 1 aliphatic heterocycles. The lowest BCUT2D eigenvalue weighted by molar-refractivity contribution is -0.133. The molecule has 1 amide bonds. The van der Waals surface area contributed by atoms with Crippen molar-refractivity contribution >= 4 is 38.0 Å². The number of aliphatic hydroxyl groups is 1. The van der Waals surface area contributed by atoms with Gasteiger partial charge in [-0.25, -0.2) is 22.4 Å². The third-order valence-corrected chi connectivity index (χ3v) is 8.90. The van der Waals surface area contributed by atoms with Crippen molar-refractivity contribution in [2.45, 2.75) is 43.2 Å². The molecule has 0 spiro atoms. The Morgan fingerprint density at radius 1 is 1.25 bits per heavy atom. The van der Waals surface area contributed by atoms with Gasteiger partial charge in [0.25, 0.3) is 10.0 Å². The lowest BCUT2D eigenvalue weighted by atomic mass is 10.1. The number of hydrogen-bond acceptors (Lipinski definition) is 7. The van der Waals surface area contributed by atoms with E-state index in [1.807, 2.05) is 4.57 Å². The number of rotatable bonds is 5. The number of aliphatic hydroxyl groups excluding tert-OH is 1. The number of carbonyl (C=O) groups excluding carboxylic acids is 1. The molecule has 10 nitrogen and oxygen atoms in total. The average Bonchev–Trinajstić information content (AvgIpc) is 3.21. The molecular weight excluding hydrogens is 480 g/mol. The van der Waals surface area contributed by atoms with Gasteiger partial charge in [-0.3, -0.25) is 4.79 Å². The summed E-state index contributed by atoms with van der Waals surface area (Å²) in [4.78, 5) is 23.9. The second-order valence-electron chi connectivity index (χ2n) is 9.56.